The lowest BCUT2D eigenvalue weighted by Crippen LogP contribution is -2.01. The van der Waals surface area contributed by atoms with Gasteiger partial charge in [-0.25, -0.2) is 0 Å². The highest BCUT2D eigenvalue weighted by Gasteiger charge is 2.27. The monoisotopic (exact) mass is 298 g/mol. The van der Waals surface area contributed by atoms with Crippen LogP contribution in [0.15, 0.2) is 59.2 Å². The number of hydrogen-bond acceptors (Lipinski definition) is 4. The van der Waals surface area contributed by atoms with Crippen molar-refractivity contribution in [2.75, 3.05) is 5.43 Å². The number of anilines is 1. The Morgan fingerprint density at radius 2 is 1.71 bits per heavy atom. The van der Waals surface area contributed by atoms with Crippen LogP contribution in [-0.4, -0.2) is 17.1 Å². The number of aliphatic hydroxyl groups excluding tert-OH is 1. The average Bonchev–Trinajstić information content (AvgIpc) is 2.74. The molecule has 21 heavy (non-hydrogen) atoms. The molecular weight excluding hydrogens is 288 g/mol. The Bertz CT molecular complexity index is 781. The molecule has 0 unspecified atom stereocenters. The Morgan fingerprint density at radius 1 is 1.05 bits per heavy atom. The summed E-state index contributed by atoms with van der Waals surface area (Å²) in [5.41, 5.74) is 4.54. The first-order chi connectivity index (χ1) is 10.2. The predicted molar refractivity (Wildman–Crippen MR) is 83.9 cm³/mol. The third kappa shape index (κ3) is 2.41. The van der Waals surface area contributed by atoms with Crippen molar-refractivity contribution in [3.05, 3.63) is 70.3 Å². The minimum atomic E-state index is -0.243. The molecule has 0 aliphatic heterocycles. The molecule has 2 aromatic carbocycles. The molecule has 5 heteroatoms. The number of rotatable bonds is 3. The number of nitrogens with one attached hydrogen (secondary N) is 1. The van der Waals surface area contributed by atoms with E-state index in [1.54, 1.807) is 36.4 Å². The van der Waals surface area contributed by atoms with E-state index >= 15 is 0 Å². The van der Waals surface area contributed by atoms with Crippen molar-refractivity contribution in [1.82, 2.24) is 0 Å². The van der Waals surface area contributed by atoms with Crippen molar-refractivity contribution in [3.8, 4) is 0 Å². The largest absolute Gasteiger partial charge is 0.506 e. The summed E-state index contributed by atoms with van der Waals surface area (Å²) in [7, 11) is 0. The molecule has 4 nitrogen and oxygen atoms in total. The molecule has 0 bridgehead atoms. The van der Waals surface area contributed by atoms with Crippen LogP contribution in [0.25, 0.3) is 5.76 Å². The van der Waals surface area contributed by atoms with Crippen molar-refractivity contribution in [2.45, 2.75) is 0 Å². The number of nitrogens with zero attached hydrogens (tertiary/aromatic N) is 1. The van der Waals surface area contributed by atoms with Crippen LogP contribution >= 0.6 is 11.6 Å². The number of carbonyl (C=O) groups is 1. The van der Waals surface area contributed by atoms with E-state index in [9.17, 15) is 9.90 Å². The fourth-order valence-corrected chi connectivity index (χ4v) is 2.30. The van der Waals surface area contributed by atoms with Crippen molar-refractivity contribution in [1.29, 1.82) is 0 Å². The molecule has 0 aromatic heterocycles. The van der Waals surface area contributed by atoms with E-state index in [1.807, 2.05) is 12.1 Å². The Kier molecular flexibility index (Phi) is 3.46. The molecule has 0 fully saturated rings. The molecule has 0 saturated carbocycles. The van der Waals surface area contributed by atoms with Gasteiger partial charge < -0.3 is 5.11 Å². The second-order valence-electron chi connectivity index (χ2n) is 4.49. The Balaban J connectivity index is 1.83. The standard InChI is InChI=1S/C16H11ClN2O2/c17-13-7-3-4-8-14(13)19-18-9-12-15(20)10-5-1-2-6-11(10)16(12)21/h1-9,19-20H. The Hall–Kier alpha value is -2.59. The topological polar surface area (TPSA) is 61.7 Å². The highest BCUT2D eigenvalue weighted by molar-refractivity contribution is 6.33. The summed E-state index contributed by atoms with van der Waals surface area (Å²) in [6, 6.07) is 14.0. The highest BCUT2D eigenvalue weighted by atomic mass is 35.5. The lowest BCUT2D eigenvalue weighted by molar-refractivity contribution is 0.104. The quantitative estimate of drug-likeness (QED) is 0.667. The number of ketones is 1. The van der Waals surface area contributed by atoms with Crippen molar-refractivity contribution < 1.29 is 9.90 Å². The smallest absolute Gasteiger partial charge is 0.199 e. The molecule has 0 spiro atoms. The highest BCUT2D eigenvalue weighted by Crippen LogP contribution is 2.29. The van der Waals surface area contributed by atoms with Gasteiger partial charge in [0.2, 0.25) is 0 Å². The second kappa shape index (κ2) is 5.42. The van der Waals surface area contributed by atoms with Crippen molar-refractivity contribution in [3.63, 3.8) is 0 Å². The SMILES string of the molecule is O=C1C(C=NNc2ccccc2Cl)=C(O)c2ccccc21. The van der Waals surface area contributed by atoms with Gasteiger partial charge in [0.1, 0.15) is 5.76 Å². The molecule has 104 valence electrons. The fraction of sp³-hybridized carbons (Fsp3) is 0. The number of aliphatic hydroxyl groups is 1. The molecule has 3 rings (SSSR count). The van der Waals surface area contributed by atoms with Gasteiger partial charge in [0.05, 0.1) is 22.5 Å². The summed E-state index contributed by atoms with van der Waals surface area (Å²) in [4.78, 5) is 12.2. The third-order valence-electron chi connectivity index (χ3n) is 3.18. The Morgan fingerprint density at radius 3 is 2.43 bits per heavy atom. The van der Waals surface area contributed by atoms with E-state index in [0.717, 1.165) is 0 Å². The third-order valence-corrected chi connectivity index (χ3v) is 3.51. The van der Waals surface area contributed by atoms with Crippen LogP contribution < -0.4 is 5.43 Å². The van der Waals surface area contributed by atoms with Crippen LogP contribution in [0, 0.1) is 0 Å². The Labute approximate surface area is 126 Å². The van der Waals surface area contributed by atoms with Crippen LogP contribution in [0.3, 0.4) is 0 Å². The van der Waals surface area contributed by atoms with Gasteiger partial charge in [0.25, 0.3) is 0 Å². The van der Waals surface area contributed by atoms with Crippen LogP contribution in [-0.2, 0) is 0 Å². The first-order valence-corrected chi connectivity index (χ1v) is 6.67. The molecular formula is C16H11ClN2O2. The number of para-hydroxylation sites is 1. The zero-order chi connectivity index (χ0) is 14.8. The fourth-order valence-electron chi connectivity index (χ4n) is 2.12. The van der Waals surface area contributed by atoms with Gasteiger partial charge in [-0.1, -0.05) is 48.0 Å². The maximum Gasteiger partial charge on any atom is 0.199 e. The second-order valence-corrected chi connectivity index (χ2v) is 4.89. The van der Waals surface area contributed by atoms with Gasteiger partial charge in [-0.15, -0.1) is 0 Å². The van der Waals surface area contributed by atoms with Gasteiger partial charge in [-0.05, 0) is 12.1 Å². The predicted octanol–water partition coefficient (Wildman–Crippen LogP) is 3.90. The number of carbonyl (C=O) groups excluding carboxylic acids is 1. The van der Waals surface area contributed by atoms with E-state index < -0.39 is 0 Å². The molecule has 2 N–H and O–H groups in total. The average molecular weight is 299 g/mol. The molecule has 2 aromatic rings. The number of halogens is 1. The van der Waals surface area contributed by atoms with Gasteiger partial charge in [0.15, 0.2) is 5.78 Å². The summed E-state index contributed by atoms with van der Waals surface area (Å²) in [5.74, 6) is -0.298. The number of fused-ring (bicyclic) bond motifs is 1. The molecule has 0 heterocycles. The van der Waals surface area contributed by atoms with E-state index in [1.165, 1.54) is 6.21 Å². The van der Waals surface area contributed by atoms with Gasteiger partial charge >= 0.3 is 0 Å². The van der Waals surface area contributed by atoms with E-state index in [-0.39, 0.29) is 17.1 Å². The van der Waals surface area contributed by atoms with Gasteiger partial charge in [0, 0.05) is 11.1 Å². The van der Waals surface area contributed by atoms with Crippen LogP contribution in [0.4, 0.5) is 5.69 Å². The molecule has 1 aliphatic carbocycles. The minimum Gasteiger partial charge on any atom is -0.506 e. The van der Waals surface area contributed by atoms with Gasteiger partial charge in [-0.3, -0.25) is 10.2 Å². The lowest BCUT2D eigenvalue weighted by atomic mass is 10.1. The summed E-state index contributed by atoms with van der Waals surface area (Å²) in [5, 5.41) is 14.6. The number of allylic oxidation sites excluding steroid dienone is 1. The number of benzene rings is 2. The number of hydrazone groups is 1. The number of Topliss-reactive ketones (excluding diaryl/α,β-unsaturated/α-hetero) is 1. The molecule has 0 radical (unpaired) electrons. The molecule has 0 atom stereocenters. The first-order valence-electron chi connectivity index (χ1n) is 6.29. The summed E-state index contributed by atoms with van der Waals surface area (Å²) < 4.78 is 0. The molecule has 0 saturated heterocycles. The molecule has 1 aliphatic rings. The zero-order valence-corrected chi connectivity index (χ0v) is 11.6. The van der Waals surface area contributed by atoms with Gasteiger partial charge in [-0.2, -0.15) is 5.10 Å². The molecule has 0 amide bonds. The minimum absolute atomic E-state index is 0.0553. The summed E-state index contributed by atoms with van der Waals surface area (Å²) in [6.45, 7) is 0. The number of hydrogen-bond donors (Lipinski definition) is 2. The van der Waals surface area contributed by atoms with Crippen LogP contribution in [0.1, 0.15) is 15.9 Å². The zero-order valence-electron chi connectivity index (χ0n) is 10.9. The summed E-state index contributed by atoms with van der Waals surface area (Å²) in [6.07, 6.45) is 1.31. The van der Waals surface area contributed by atoms with Crippen molar-refractivity contribution in [2.24, 2.45) is 5.10 Å². The maximum absolute atomic E-state index is 12.2. The van der Waals surface area contributed by atoms with E-state index in [4.69, 9.17) is 11.6 Å². The first kappa shape index (κ1) is 13.4. The summed E-state index contributed by atoms with van der Waals surface area (Å²) >= 11 is 5.99. The van der Waals surface area contributed by atoms with E-state index in [0.29, 0.717) is 21.8 Å². The maximum atomic E-state index is 12.2. The van der Waals surface area contributed by atoms with Crippen LogP contribution in [0.5, 0.6) is 0 Å². The van der Waals surface area contributed by atoms with Crippen molar-refractivity contribution >= 4 is 35.0 Å². The van der Waals surface area contributed by atoms with Crippen LogP contribution in [0.2, 0.25) is 5.02 Å². The lowest BCUT2D eigenvalue weighted by Gasteiger charge is -2.01. The normalized spacial score (nSPS) is 13.9. The van der Waals surface area contributed by atoms with E-state index in [2.05, 4.69) is 10.5 Å².